The van der Waals surface area contributed by atoms with Crippen molar-refractivity contribution in [2.24, 2.45) is 0 Å². The molecule has 190 valence electrons. The average molecular weight is 509 g/mol. The third-order valence-electron chi connectivity index (χ3n) is 6.63. The van der Waals surface area contributed by atoms with Gasteiger partial charge in [0.15, 0.2) is 6.10 Å². The van der Waals surface area contributed by atoms with Gasteiger partial charge in [0.2, 0.25) is 0 Å². The van der Waals surface area contributed by atoms with Crippen LogP contribution in [0.15, 0.2) is 59.5 Å². The summed E-state index contributed by atoms with van der Waals surface area (Å²) in [5.74, 6) is 0.538. The van der Waals surface area contributed by atoms with Crippen molar-refractivity contribution in [1.29, 1.82) is 0 Å². The number of nitrogens with zero attached hydrogens (tertiary/aromatic N) is 1. The molecule has 0 spiro atoms. The molecule has 0 unspecified atom stereocenters. The van der Waals surface area contributed by atoms with Crippen molar-refractivity contribution in [2.75, 3.05) is 18.0 Å². The quantitative estimate of drug-likeness (QED) is 0.519. The maximum Gasteiger partial charge on any atom is 0.264 e. The summed E-state index contributed by atoms with van der Waals surface area (Å²) in [6, 6.07) is 15.4. The second-order valence-corrected chi connectivity index (χ2v) is 11.2. The molecule has 0 radical (unpaired) electrons. The fourth-order valence-corrected chi connectivity index (χ4v) is 5.91. The average Bonchev–Trinajstić information content (AvgIpc) is 2.85. The molecule has 0 aliphatic carbocycles. The smallest absolute Gasteiger partial charge is 0.264 e. The van der Waals surface area contributed by atoms with E-state index in [-0.39, 0.29) is 23.4 Å². The highest BCUT2D eigenvalue weighted by molar-refractivity contribution is 7.92. The number of hydrogen-bond donors (Lipinski definition) is 1. The Morgan fingerprint density at radius 2 is 1.67 bits per heavy atom. The molecule has 3 aromatic carbocycles. The summed E-state index contributed by atoms with van der Waals surface area (Å²) in [6.07, 6.45) is -1.01. The first-order chi connectivity index (χ1) is 17.0. The van der Waals surface area contributed by atoms with Gasteiger partial charge in [0, 0.05) is 0 Å². The van der Waals surface area contributed by atoms with E-state index in [0.29, 0.717) is 17.2 Å². The molecule has 4 rings (SSSR count). The minimum absolute atomic E-state index is 0.106. The highest BCUT2D eigenvalue weighted by Crippen LogP contribution is 2.38. The van der Waals surface area contributed by atoms with Gasteiger partial charge in [-0.1, -0.05) is 18.2 Å². The maximum atomic E-state index is 13.7. The first kappa shape index (κ1) is 25.6. The van der Waals surface area contributed by atoms with Crippen molar-refractivity contribution < 1.29 is 22.7 Å². The third kappa shape index (κ3) is 4.91. The van der Waals surface area contributed by atoms with Gasteiger partial charge in [0.05, 0.1) is 30.3 Å². The van der Waals surface area contributed by atoms with E-state index in [9.17, 15) is 13.2 Å². The monoisotopic (exact) mass is 508 g/mol. The highest BCUT2D eigenvalue weighted by Gasteiger charge is 2.38. The van der Waals surface area contributed by atoms with Gasteiger partial charge in [-0.25, -0.2) is 8.42 Å². The molecule has 2 atom stereocenters. The first-order valence-corrected chi connectivity index (χ1v) is 13.3. The molecule has 0 saturated heterocycles. The van der Waals surface area contributed by atoms with Gasteiger partial charge < -0.3 is 14.8 Å². The van der Waals surface area contributed by atoms with Crippen LogP contribution in [0.4, 0.5) is 5.69 Å². The van der Waals surface area contributed by atoms with E-state index >= 15 is 0 Å². The summed E-state index contributed by atoms with van der Waals surface area (Å²) in [7, 11) is -2.44. The van der Waals surface area contributed by atoms with E-state index in [1.54, 1.807) is 24.3 Å². The molecule has 7 nitrogen and oxygen atoms in total. The lowest BCUT2D eigenvalue weighted by molar-refractivity contribution is -0.128. The van der Waals surface area contributed by atoms with E-state index in [2.05, 4.69) is 24.4 Å². The van der Waals surface area contributed by atoms with Crippen molar-refractivity contribution in [3.8, 4) is 11.5 Å². The Labute approximate surface area is 213 Å². The topological polar surface area (TPSA) is 84.9 Å². The number of sulfonamides is 1. The van der Waals surface area contributed by atoms with Crippen LogP contribution in [-0.4, -0.2) is 34.1 Å². The largest absolute Gasteiger partial charge is 0.497 e. The number of aryl methyl sites for hydroxylation is 4. The van der Waals surface area contributed by atoms with Crippen LogP contribution in [0.1, 0.15) is 40.8 Å². The highest BCUT2D eigenvalue weighted by atomic mass is 32.2. The first-order valence-electron chi connectivity index (χ1n) is 11.8. The zero-order chi connectivity index (χ0) is 26.2. The zero-order valence-electron chi connectivity index (χ0n) is 21.5. The summed E-state index contributed by atoms with van der Waals surface area (Å²) in [4.78, 5) is 13.5. The van der Waals surface area contributed by atoms with Crippen molar-refractivity contribution >= 4 is 21.6 Å². The predicted molar refractivity (Wildman–Crippen MR) is 140 cm³/mol. The van der Waals surface area contributed by atoms with Gasteiger partial charge in [-0.3, -0.25) is 9.10 Å². The van der Waals surface area contributed by atoms with Crippen LogP contribution in [0, 0.1) is 27.7 Å². The second-order valence-electron chi connectivity index (χ2n) is 9.31. The molecule has 36 heavy (non-hydrogen) atoms. The molecule has 3 aromatic rings. The summed E-state index contributed by atoms with van der Waals surface area (Å²) in [5, 5.41) is 3.02. The maximum absolute atomic E-state index is 13.7. The minimum Gasteiger partial charge on any atom is -0.497 e. The van der Waals surface area contributed by atoms with Crippen LogP contribution in [0.3, 0.4) is 0 Å². The van der Waals surface area contributed by atoms with Crippen molar-refractivity contribution in [2.45, 2.75) is 51.7 Å². The van der Waals surface area contributed by atoms with E-state index in [1.165, 1.54) is 29.1 Å². The van der Waals surface area contributed by atoms with Gasteiger partial charge in [0.1, 0.15) is 11.5 Å². The van der Waals surface area contributed by atoms with Gasteiger partial charge in [-0.2, -0.15) is 0 Å². The number of carbonyl (C=O) groups excluding carboxylic acids is 1. The number of benzene rings is 3. The van der Waals surface area contributed by atoms with Crippen LogP contribution in [-0.2, 0) is 14.8 Å². The molecular weight excluding hydrogens is 476 g/mol. The Balaban J connectivity index is 1.64. The van der Waals surface area contributed by atoms with Gasteiger partial charge in [-0.15, -0.1) is 0 Å². The van der Waals surface area contributed by atoms with Gasteiger partial charge >= 0.3 is 0 Å². The number of ether oxygens (including phenoxy) is 2. The second kappa shape index (κ2) is 9.85. The number of anilines is 1. The Kier molecular flexibility index (Phi) is 7.00. The molecule has 0 bridgehead atoms. The third-order valence-corrected chi connectivity index (χ3v) is 8.43. The normalized spacial score (nSPS) is 16.1. The molecular formula is C28H32N2O5S. The van der Waals surface area contributed by atoms with Crippen LogP contribution in [0.2, 0.25) is 0 Å². The number of rotatable bonds is 6. The van der Waals surface area contributed by atoms with Gasteiger partial charge in [-0.05, 0) is 98.8 Å². The summed E-state index contributed by atoms with van der Waals surface area (Å²) in [6.45, 7) is 9.78. The number of fused-ring (bicyclic) bond motifs is 1. The predicted octanol–water partition coefficient (Wildman–Crippen LogP) is 4.76. The lowest BCUT2D eigenvalue weighted by Gasteiger charge is -2.35. The van der Waals surface area contributed by atoms with Crippen LogP contribution in [0.5, 0.6) is 11.5 Å². The molecule has 0 saturated carbocycles. The van der Waals surface area contributed by atoms with Crippen molar-refractivity contribution in [3.63, 3.8) is 0 Å². The molecule has 0 fully saturated rings. The van der Waals surface area contributed by atoms with Crippen molar-refractivity contribution in [1.82, 2.24) is 5.32 Å². The lowest BCUT2D eigenvalue weighted by atomic mass is 9.96. The van der Waals surface area contributed by atoms with Crippen LogP contribution >= 0.6 is 0 Å². The molecule has 1 amide bonds. The Morgan fingerprint density at radius 1 is 1.00 bits per heavy atom. The molecule has 1 aliphatic rings. The fraction of sp³-hybridized carbons (Fsp3) is 0.321. The molecule has 1 aliphatic heterocycles. The SMILES string of the molecule is COc1ccc(S(=O)(=O)N2C[C@H](C(=O)N[C@H](C)c3cc(C)c(C)cc3C)Oc3cc(C)ccc32)cc1. The number of methoxy groups -OCH3 is 1. The number of hydrogen-bond acceptors (Lipinski definition) is 5. The lowest BCUT2D eigenvalue weighted by Crippen LogP contribution is -2.51. The Hall–Kier alpha value is -3.52. The van der Waals surface area contributed by atoms with Gasteiger partial charge in [0.25, 0.3) is 15.9 Å². The number of nitrogens with one attached hydrogen (secondary N) is 1. The summed E-state index contributed by atoms with van der Waals surface area (Å²) >= 11 is 0. The summed E-state index contributed by atoms with van der Waals surface area (Å²) in [5.41, 5.74) is 5.74. The number of amides is 1. The van der Waals surface area contributed by atoms with E-state index < -0.39 is 16.1 Å². The Bertz CT molecular complexity index is 1400. The zero-order valence-corrected chi connectivity index (χ0v) is 22.3. The fourth-order valence-electron chi connectivity index (χ4n) is 4.43. The standard InChI is InChI=1S/C28H32N2O5S/c1-17-7-12-25-26(13-17)35-27(16-30(25)36(32,33)23-10-8-22(34-6)9-11-23)28(31)29-21(5)24-15-19(3)18(2)14-20(24)4/h7-15,21,27H,16H2,1-6H3,(H,29,31)/t21-,27-/m1/s1. The molecule has 1 N–H and O–H groups in total. The molecule has 0 aromatic heterocycles. The van der Waals surface area contributed by atoms with Crippen LogP contribution in [0.25, 0.3) is 0 Å². The Morgan fingerprint density at radius 3 is 2.33 bits per heavy atom. The minimum atomic E-state index is -3.96. The van der Waals surface area contributed by atoms with E-state index in [4.69, 9.17) is 9.47 Å². The molecule has 8 heteroatoms. The van der Waals surface area contributed by atoms with E-state index in [1.807, 2.05) is 33.8 Å². The van der Waals surface area contributed by atoms with E-state index in [0.717, 1.165) is 22.3 Å². The van der Waals surface area contributed by atoms with Crippen molar-refractivity contribution in [3.05, 3.63) is 82.4 Å². The summed E-state index contributed by atoms with van der Waals surface area (Å²) < 4.78 is 39.8. The number of carbonyl (C=O) groups is 1. The molecule has 1 heterocycles. The van der Waals surface area contributed by atoms with Crippen LogP contribution < -0.4 is 19.1 Å².